The predicted molar refractivity (Wildman–Crippen MR) is 109 cm³/mol. The second-order valence-electron chi connectivity index (χ2n) is 7.62. The van der Waals surface area contributed by atoms with Gasteiger partial charge in [0.05, 0.1) is 6.54 Å². The summed E-state index contributed by atoms with van der Waals surface area (Å²) in [5, 5.41) is 3.48. The van der Waals surface area contributed by atoms with E-state index in [1.807, 2.05) is 12.3 Å². The van der Waals surface area contributed by atoms with E-state index in [2.05, 4.69) is 52.0 Å². The van der Waals surface area contributed by atoms with Gasteiger partial charge in [-0.05, 0) is 38.8 Å². The van der Waals surface area contributed by atoms with E-state index in [1.54, 1.807) is 0 Å². The second kappa shape index (κ2) is 9.21. The minimum atomic E-state index is 0.684. The van der Waals surface area contributed by atoms with E-state index in [0.29, 0.717) is 6.54 Å². The normalized spacial score (nSPS) is 20.5. The van der Waals surface area contributed by atoms with Crippen LogP contribution in [0.3, 0.4) is 0 Å². The fraction of sp³-hybridized carbons (Fsp3) is 0.700. The van der Waals surface area contributed by atoms with Gasteiger partial charge in [0.2, 0.25) is 0 Å². The Hall–Kier alpha value is -1.82. The van der Waals surface area contributed by atoms with Gasteiger partial charge in [-0.3, -0.25) is 0 Å². The van der Waals surface area contributed by atoms with Gasteiger partial charge in [0.25, 0.3) is 0 Å². The SMILES string of the molecule is CCNC(=NCc1cccnc1N1CCN(C)CC1)N1CCC(C)CC1. The van der Waals surface area contributed by atoms with Gasteiger partial charge in [-0.1, -0.05) is 13.0 Å². The van der Waals surface area contributed by atoms with Crippen LogP contribution in [0.1, 0.15) is 32.3 Å². The number of nitrogens with zero attached hydrogens (tertiary/aromatic N) is 5. The number of hydrogen-bond acceptors (Lipinski definition) is 4. The summed E-state index contributed by atoms with van der Waals surface area (Å²) in [6.45, 7) is 12.5. The molecule has 0 aromatic carbocycles. The lowest BCUT2D eigenvalue weighted by Crippen LogP contribution is -2.45. The quantitative estimate of drug-likeness (QED) is 0.659. The number of aliphatic imine (C=N–C) groups is 1. The summed E-state index contributed by atoms with van der Waals surface area (Å²) in [5.74, 6) is 2.98. The molecular weight excluding hydrogens is 324 g/mol. The standard InChI is InChI=1S/C20H34N6/c1-4-21-20(26-10-7-17(2)8-11-26)23-16-18-6-5-9-22-19(18)25-14-12-24(3)13-15-25/h5-6,9,17H,4,7-8,10-16H2,1-3H3,(H,21,23). The van der Waals surface area contributed by atoms with Crippen molar-refractivity contribution in [1.29, 1.82) is 0 Å². The van der Waals surface area contributed by atoms with Crippen molar-refractivity contribution in [3.8, 4) is 0 Å². The Morgan fingerprint density at radius 2 is 1.92 bits per heavy atom. The molecule has 0 amide bonds. The topological polar surface area (TPSA) is 47.0 Å². The molecule has 6 heteroatoms. The molecule has 2 aliphatic rings. The van der Waals surface area contributed by atoms with Crippen molar-refractivity contribution in [1.82, 2.24) is 20.1 Å². The monoisotopic (exact) mass is 358 g/mol. The summed E-state index contributed by atoms with van der Waals surface area (Å²) < 4.78 is 0. The van der Waals surface area contributed by atoms with Gasteiger partial charge in [-0.2, -0.15) is 0 Å². The molecule has 6 nitrogen and oxygen atoms in total. The molecule has 2 aliphatic heterocycles. The third-order valence-electron chi connectivity index (χ3n) is 5.49. The molecule has 0 bridgehead atoms. The Labute approximate surface area is 158 Å². The van der Waals surface area contributed by atoms with Gasteiger partial charge in [0.15, 0.2) is 5.96 Å². The number of aromatic nitrogens is 1. The van der Waals surface area contributed by atoms with Gasteiger partial charge >= 0.3 is 0 Å². The highest BCUT2D eigenvalue weighted by Gasteiger charge is 2.20. The molecule has 1 aromatic heterocycles. The van der Waals surface area contributed by atoms with Crippen LogP contribution >= 0.6 is 0 Å². The van der Waals surface area contributed by atoms with Crippen molar-refractivity contribution >= 4 is 11.8 Å². The summed E-state index contributed by atoms with van der Waals surface area (Å²) in [6, 6.07) is 4.20. The van der Waals surface area contributed by atoms with Crippen LogP contribution in [0, 0.1) is 5.92 Å². The van der Waals surface area contributed by atoms with E-state index in [-0.39, 0.29) is 0 Å². The zero-order valence-corrected chi connectivity index (χ0v) is 16.6. The Morgan fingerprint density at radius 3 is 2.62 bits per heavy atom. The van der Waals surface area contributed by atoms with Crippen molar-refractivity contribution in [2.75, 3.05) is 57.8 Å². The zero-order chi connectivity index (χ0) is 18.4. The number of anilines is 1. The maximum atomic E-state index is 4.96. The molecule has 1 N–H and O–H groups in total. The molecule has 3 rings (SSSR count). The van der Waals surface area contributed by atoms with Crippen molar-refractivity contribution < 1.29 is 0 Å². The molecule has 1 aromatic rings. The number of piperazine rings is 1. The number of guanidine groups is 1. The van der Waals surface area contributed by atoms with Gasteiger partial charge in [-0.15, -0.1) is 0 Å². The highest BCUT2D eigenvalue weighted by atomic mass is 15.3. The van der Waals surface area contributed by atoms with Gasteiger partial charge in [0, 0.05) is 57.6 Å². The molecule has 0 spiro atoms. The summed E-state index contributed by atoms with van der Waals surface area (Å²) in [6.07, 6.45) is 4.41. The second-order valence-corrected chi connectivity index (χ2v) is 7.62. The number of piperidine rings is 1. The number of nitrogens with one attached hydrogen (secondary N) is 1. The first kappa shape index (κ1) is 19.0. The van der Waals surface area contributed by atoms with Crippen LogP contribution < -0.4 is 10.2 Å². The first-order valence-corrected chi connectivity index (χ1v) is 10.1. The van der Waals surface area contributed by atoms with Gasteiger partial charge < -0.3 is 20.0 Å². The fourth-order valence-electron chi connectivity index (χ4n) is 3.66. The average Bonchev–Trinajstić information content (AvgIpc) is 2.67. The third kappa shape index (κ3) is 4.87. The van der Waals surface area contributed by atoms with Crippen LogP contribution in [0.4, 0.5) is 5.82 Å². The molecule has 3 heterocycles. The van der Waals surface area contributed by atoms with Crippen molar-refractivity contribution in [3.05, 3.63) is 23.9 Å². The Bertz CT molecular complexity index is 586. The minimum Gasteiger partial charge on any atom is -0.357 e. The largest absolute Gasteiger partial charge is 0.357 e. The molecule has 0 aliphatic carbocycles. The smallest absolute Gasteiger partial charge is 0.194 e. The third-order valence-corrected chi connectivity index (χ3v) is 5.49. The molecule has 26 heavy (non-hydrogen) atoms. The summed E-state index contributed by atoms with van der Waals surface area (Å²) in [5.41, 5.74) is 1.22. The van der Waals surface area contributed by atoms with E-state index in [9.17, 15) is 0 Å². The average molecular weight is 359 g/mol. The number of pyridine rings is 1. The lowest BCUT2D eigenvalue weighted by atomic mass is 10.00. The molecule has 0 unspecified atom stereocenters. The molecule has 2 fully saturated rings. The highest BCUT2D eigenvalue weighted by molar-refractivity contribution is 5.80. The number of likely N-dealkylation sites (N-methyl/N-ethyl adjacent to an activating group) is 1. The Kier molecular flexibility index (Phi) is 6.72. The van der Waals surface area contributed by atoms with Crippen LogP contribution in [0.5, 0.6) is 0 Å². The predicted octanol–water partition coefficient (Wildman–Crippen LogP) is 2.03. The Morgan fingerprint density at radius 1 is 1.19 bits per heavy atom. The van der Waals surface area contributed by atoms with E-state index >= 15 is 0 Å². The molecule has 2 saturated heterocycles. The van der Waals surface area contributed by atoms with Crippen LogP contribution in [-0.2, 0) is 6.54 Å². The molecule has 0 radical (unpaired) electrons. The molecule has 144 valence electrons. The number of hydrogen-bond donors (Lipinski definition) is 1. The Balaban J connectivity index is 1.71. The van der Waals surface area contributed by atoms with Crippen molar-refractivity contribution in [2.45, 2.75) is 33.2 Å². The first-order valence-electron chi connectivity index (χ1n) is 10.1. The van der Waals surface area contributed by atoms with E-state index < -0.39 is 0 Å². The van der Waals surface area contributed by atoms with E-state index in [1.165, 1.54) is 18.4 Å². The van der Waals surface area contributed by atoms with Crippen molar-refractivity contribution in [2.24, 2.45) is 10.9 Å². The van der Waals surface area contributed by atoms with Crippen LogP contribution in [-0.4, -0.2) is 73.6 Å². The summed E-state index contributed by atoms with van der Waals surface area (Å²) >= 11 is 0. The lowest BCUT2D eigenvalue weighted by molar-refractivity contribution is 0.273. The zero-order valence-electron chi connectivity index (χ0n) is 16.6. The minimum absolute atomic E-state index is 0.684. The summed E-state index contributed by atoms with van der Waals surface area (Å²) in [4.78, 5) is 16.8. The maximum absolute atomic E-state index is 4.96. The highest BCUT2D eigenvalue weighted by Crippen LogP contribution is 2.20. The molecule has 0 atom stereocenters. The molecular formula is C20H34N6. The van der Waals surface area contributed by atoms with Gasteiger partial charge in [-0.25, -0.2) is 9.98 Å². The lowest BCUT2D eigenvalue weighted by Gasteiger charge is -2.34. The van der Waals surface area contributed by atoms with E-state index in [4.69, 9.17) is 4.99 Å². The van der Waals surface area contributed by atoms with Crippen LogP contribution in [0.15, 0.2) is 23.3 Å². The van der Waals surface area contributed by atoms with Crippen LogP contribution in [0.25, 0.3) is 0 Å². The maximum Gasteiger partial charge on any atom is 0.194 e. The first-order chi connectivity index (χ1) is 12.7. The number of likely N-dealkylation sites (tertiary alicyclic amines) is 1. The number of rotatable bonds is 4. The fourth-order valence-corrected chi connectivity index (χ4v) is 3.66. The van der Waals surface area contributed by atoms with Crippen LogP contribution in [0.2, 0.25) is 0 Å². The van der Waals surface area contributed by atoms with Gasteiger partial charge in [0.1, 0.15) is 5.82 Å². The van der Waals surface area contributed by atoms with E-state index in [0.717, 1.165) is 63.5 Å². The summed E-state index contributed by atoms with van der Waals surface area (Å²) in [7, 11) is 2.18. The van der Waals surface area contributed by atoms with Crippen molar-refractivity contribution in [3.63, 3.8) is 0 Å². The molecule has 0 saturated carbocycles.